The molecule has 2 N–H and O–H groups in total. The molecule has 0 fully saturated rings. The molecular weight excluding hydrogens is 305 g/mol. The first-order valence-electron chi connectivity index (χ1n) is 5.41. The van der Waals surface area contributed by atoms with Gasteiger partial charge >= 0.3 is 0 Å². The third-order valence-corrected chi connectivity index (χ3v) is 5.05. The largest absolute Gasteiger partial charge is 0.398 e. The molecule has 0 aliphatic heterocycles. The fourth-order valence-electron chi connectivity index (χ4n) is 1.62. The summed E-state index contributed by atoms with van der Waals surface area (Å²) in [4.78, 5) is 0.130. The minimum Gasteiger partial charge on any atom is -0.398 e. The van der Waals surface area contributed by atoms with Crippen molar-refractivity contribution >= 4 is 38.7 Å². The second-order valence-corrected chi connectivity index (χ2v) is 6.84. The van der Waals surface area contributed by atoms with Crippen molar-refractivity contribution in [2.45, 2.75) is 10.6 Å². The number of nitrogen functional groups attached to an aromatic ring is 1. The predicted octanol–water partition coefficient (Wildman–Crippen LogP) is 3.55. The molecule has 0 aromatic heterocycles. The highest BCUT2D eigenvalue weighted by molar-refractivity contribution is 7.90. The lowest BCUT2D eigenvalue weighted by Gasteiger charge is -2.08. The van der Waals surface area contributed by atoms with Crippen LogP contribution < -0.4 is 5.73 Å². The molecule has 0 bridgehead atoms. The highest BCUT2D eigenvalue weighted by atomic mass is 35.5. The molecule has 0 aliphatic carbocycles. The number of hydrogen-bond acceptors (Lipinski definition) is 3. The van der Waals surface area contributed by atoms with Gasteiger partial charge in [0.2, 0.25) is 0 Å². The first kappa shape index (κ1) is 14.2. The van der Waals surface area contributed by atoms with E-state index in [-0.39, 0.29) is 15.7 Å². The van der Waals surface area contributed by atoms with Crippen LogP contribution in [0.15, 0.2) is 47.4 Å². The van der Waals surface area contributed by atoms with Gasteiger partial charge in [0, 0.05) is 5.69 Å². The third-order valence-electron chi connectivity index (χ3n) is 2.65. The number of nitrogens with two attached hydrogens (primary N) is 1. The van der Waals surface area contributed by atoms with Crippen LogP contribution in [0.4, 0.5) is 5.69 Å². The maximum atomic E-state index is 12.3. The predicted molar refractivity (Wildman–Crippen MR) is 78.2 cm³/mol. The van der Waals surface area contributed by atoms with Crippen LogP contribution in [-0.4, -0.2) is 8.42 Å². The van der Waals surface area contributed by atoms with Gasteiger partial charge in [-0.3, -0.25) is 0 Å². The Bertz CT molecular complexity index is 714. The van der Waals surface area contributed by atoms with Crippen LogP contribution >= 0.6 is 23.2 Å². The normalized spacial score (nSPS) is 11.5. The zero-order valence-corrected chi connectivity index (χ0v) is 12.1. The molecule has 2 rings (SSSR count). The van der Waals surface area contributed by atoms with Crippen LogP contribution in [-0.2, 0) is 15.6 Å². The van der Waals surface area contributed by atoms with Crippen molar-refractivity contribution in [2.75, 3.05) is 5.73 Å². The highest BCUT2D eigenvalue weighted by Gasteiger charge is 2.17. The lowest BCUT2D eigenvalue weighted by molar-refractivity contribution is 0.595. The fraction of sp³-hybridized carbons (Fsp3) is 0.0769. The van der Waals surface area contributed by atoms with Crippen molar-refractivity contribution in [1.82, 2.24) is 0 Å². The number of benzene rings is 2. The molecule has 0 spiro atoms. The number of hydrogen-bond donors (Lipinski definition) is 1. The van der Waals surface area contributed by atoms with Crippen LogP contribution in [0.25, 0.3) is 0 Å². The monoisotopic (exact) mass is 315 g/mol. The number of sulfone groups is 1. The molecule has 19 heavy (non-hydrogen) atoms. The summed E-state index contributed by atoms with van der Waals surface area (Å²) in [6.45, 7) is 0. The van der Waals surface area contributed by atoms with Crippen LogP contribution in [0.1, 0.15) is 5.56 Å². The highest BCUT2D eigenvalue weighted by Crippen LogP contribution is 2.27. The summed E-state index contributed by atoms with van der Waals surface area (Å²) in [5, 5.41) is 0.531. The lowest BCUT2D eigenvalue weighted by Crippen LogP contribution is -2.07. The van der Waals surface area contributed by atoms with Gasteiger partial charge in [0.15, 0.2) is 9.84 Å². The number of rotatable bonds is 3. The van der Waals surface area contributed by atoms with Gasteiger partial charge in [0.1, 0.15) is 0 Å². The van der Waals surface area contributed by atoms with Gasteiger partial charge in [-0.1, -0.05) is 41.4 Å². The average molecular weight is 316 g/mol. The summed E-state index contributed by atoms with van der Waals surface area (Å²) in [7, 11) is -3.50. The van der Waals surface area contributed by atoms with Crippen LogP contribution in [0, 0.1) is 0 Å². The summed E-state index contributed by atoms with van der Waals surface area (Å²) in [6.07, 6.45) is 0. The van der Waals surface area contributed by atoms with Crippen molar-refractivity contribution in [3.05, 3.63) is 58.1 Å². The van der Waals surface area contributed by atoms with E-state index in [0.717, 1.165) is 0 Å². The van der Waals surface area contributed by atoms with Crippen LogP contribution in [0.2, 0.25) is 10.0 Å². The molecule has 0 amide bonds. The molecule has 0 heterocycles. The molecule has 0 atom stereocenters. The van der Waals surface area contributed by atoms with E-state index in [1.54, 1.807) is 24.3 Å². The van der Waals surface area contributed by atoms with Gasteiger partial charge < -0.3 is 5.73 Å². The van der Waals surface area contributed by atoms with E-state index >= 15 is 0 Å². The van der Waals surface area contributed by atoms with Crippen molar-refractivity contribution in [2.24, 2.45) is 0 Å². The fourth-order valence-corrected chi connectivity index (χ4v) is 3.40. The van der Waals surface area contributed by atoms with E-state index in [1.165, 1.54) is 18.2 Å². The molecule has 3 nitrogen and oxygen atoms in total. The summed E-state index contributed by atoms with van der Waals surface area (Å²) < 4.78 is 24.5. The van der Waals surface area contributed by atoms with Crippen molar-refractivity contribution in [3.8, 4) is 0 Å². The Morgan fingerprint density at radius 2 is 1.68 bits per heavy atom. The Labute approximate surface area is 121 Å². The van der Waals surface area contributed by atoms with E-state index < -0.39 is 9.84 Å². The Morgan fingerprint density at radius 3 is 2.32 bits per heavy atom. The maximum Gasteiger partial charge on any atom is 0.182 e. The number of halogens is 2. The van der Waals surface area contributed by atoms with E-state index in [1.807, 2.05) is 0 Å². The van der Waals surface area contributed by atoms with Gasteiger partial charge in [0.05, 0.1) is 20.7 Å². The van der Waals surface area contributed by atoms with Gasteiger partial charge in [-0.05, 0) is 29.8 Å². The Kier molecular flexibility index (Phi) is 4.04. The summed E-state index contributed by atoms with van der Waals surface area (Å²) >= 11 is 11.6. The zero-order valence-electron chi connectivity index (χ0n) is 9.81. The summed E-state index contributed by atoms with van der Waals surface area (Å²) in [5.41, 5.74) is 6.76. The first-order valence-corrected chi connectivity index (χ1v) is 7.82. The molecular formula is C13H11Cl2NO2S. The van der Waals surface area contributed by atoms with E-state index in [0.29, 0.717) is 16.3 Å². The quantitative estimate of drug-likeness (QED) is 0.881. The van der Waals surface area contributed by atoms with Gasteiger partial charge in [-0.15, -0.1) is 0 Å². The van der Waals surface area contributed by atoms with Crippen molar-refractivity contribution < 1.29 is 8.42 Å². The van der Waals surface area contributed by atoms with Crippen molar-refractivity contribution in [1.29, 1.82) is 0 Å². The molecule has 6 heteroatoms. The smallest absolute Gasteiger partial charge is 0.182 e. The minimum absolute atomic E-state index is 0.130. The molecule has 0 aliphatic rings. The van der Waals surface area contributed by atoms with E-state index in [2.05, 4.69) is 0 Å². The van der Waals surface area contributed by atoms with Crippen molar-refractivity contribution in [3.63, 3.8) is 0 Å². The second-order valence-electron chi connectivity index (χ2n) is 4.03. The molecule has 0 saturated heterocycles. The molecule has 100 valence electrons. The molecule has 2 aromatic carbocycles. The van der Waals surface area contributed by atoms with Crippen LogP contribution in [0.5, 0.6) is 0 Å². The van der Waals surface area contributed by atoms with Gasteiger partial charge in [0.25, 0.3) is 0 Å². The first-order chi connectivity index (χ1) is 8.90. The second kappa shape index (κ2) is 5.41. The molecule has 2 aromatic rings. The van der Waals surface area contributed by atoms with Gasteiger partial charge in [-0.25, -0.2) is 8.42 Å². The number of anilines is 1. The lowest BCUT2D eigenvalue weighted by atomic mass is 10.2. The topological polar surface area (TPSA) is 60.2 Å². The Morgan fingerprint density at radius 1 is 1.00 bits per heavy atom. The molecule has 0 unspecified atom stereocenters. The Hall–Kier alpha value is -1.23. The van der Waals surface area contributed by atoms with Gasteiger partial charge in [-0.2, -0.15) is 0 Å². The molecule has 0 radical (unpaired) electrons. The third kappa shape index (κ3) is 3.21. The van der Waals surface area contributed by atoms with Crippen LogP contribution in [0.3, 0.4) is 0 Å². The maximum absolute atomic E-state index is 12.3. The summed E-state index contributed by atoms with van der Waals surface area (Å²) in [5.74, 6) is -0.169. The van der Waals surface area contributed by atoms with E-state index in [9.17, 15) is 8.42 Å². The zero-order chi connectivity index (χ0) is 14.0. The minimum atomic E-state index is -3.50. The molecule has 0 saturated carbocycles. The van der Waals surface area contributed by atoms with E-state index in [4.69, 9.17) is 28.9 Å². The average Bonchev–Trinajstić information content (AvgIpc) is 2.35. The standard InChI is InChI=1S/C13H11Cl2NO2S/c14-11-6-5-10(7-12(11)15)19(17,18)8-9-3-1-2-4-13(9)16/h1-7H,8,16H2. The SMILES string of the molecule is Nc1ccccc1CS(=O)(=O)c1ccc(Cl)c(Cl)c1. The summed E-state index contributed by atoms with van der Waals surface area (Å²) in [6, 6.07) is 11.1. The number of para-hydroxylation sites is 1. The Balaban J connectivity index is 2.38.